The number of hydrogen-bond donors (Lipinski definition) is 2. The van der Waals surface area contributed by atoms with E-state index >= 15 is 0 Å². The number of anilines is 2. The third kappa shape index (κ3) is 4.18. The maximum atomic E-state index is 12.1. The molecule has 2 N–H and O–H groups in total. The van der Waals surface area contributed by atoms with Crippen molar-refractivity contribution in [2.24, 2.45) is 0 Å². The maximum absolute atomic E-state index is 12.1. The average molecular weight is 397 g/mol. The van der Waals surface area contributed by atoms with Gasteiger partial charge < -0.3 is 19.5 Å². The molecular weight excluding hydrogens is 374 g/mol. The number of nitrogens with zero attached hydrogens (tertiary/aromatic N) is 1. The molecule has 2 aliphatic rings. The summed E-state index contributed by atoms with van der Waals surface area (Å²) in [6.45, 7) is 4.79. The van der Waals surface area contributed by atoms with Crippen molar-refractivity contribution in [1.82, 2.24) is 10.2 Å². The van der Waals surface area contributed by atoms with Crippen LogP contribution >= 0.6 is 0 Å². The molecule has 2 aromatic carbocycles. The second kappa shape index (κ2) is 8.50. The fourth-order valence-electron chi connectivity index (χ4n) is 3.45. The molecule has 2 amide bonds. The van der Waals surface area contributed by atoms with E-state index in [1.807, 2.05) is 12.1 Å². The summed E-state index contributed by atoms with van der Waals surface area (Å²) in [6.07, 6.45) is 0. The third-order valence-electron chi connectivity index (χ3n) is 4.99. The van der Waals surface area contributed by atoms with Crippen LogP contribution in [0.15, 0.2) is 36.4 Å². The molecule has 0 bridgehead atoms. The van der Waals surface area contributed by atoms with Crippen molar-refractivity contribution in [2.75, 3.05) is 51.9 Å². The van der Waals surface area contributed by atoms with Crippen molar-refractivity contribution >= 4 is 23.2 Å². The normalized spacial score (nSPS) is 16.3. The Labute approximate surface area is 168 Å². The topological polar surface area (TPSA) is 89.1 Å². The molecule has 0 radical (unpaired) electrons. The summed E-state index contributed by atoms with van der Waals surface area (Å²) in [5.74, 6) is 0.489. The van der Waals surface area contributed by atoms with Crippen LogP contribution in [0.2, 0.25) is 0 Å². The second-order valence-corrected chi connectivity index (χ2v) is 6.80. The Balaban J connectivity index is 1.45. The monoisotopic (exact) mass is 397 g/mol. The zero-order valence-corrected chi connectivity index (χ0v) is 16.2. The Morgan fingerprint density at radius 1 is 1.10 bits per heavy atom. The second-order valence-electron chi connectivity index (χ2n) is 6.80. The zero-order valence-electron chi connectivity index (χ0n) is 16.2. The van der Waals surface area contributed by atoms with Crippen LogP contribution in [0.3, 0.4) is 0 Å². The van der Waals surface area contributed by atoms with Gasteiger partial charge in [-0.2, -0.15) is 0 Å². The summed E-state index contributed by atoms with van der Waals surface area (Å²) < 4.78 is 16.7. The number of hydrogen-bond acceptors (Lipinski definition) is 7. The smallest absolute Gasteiger partial charge is 0.261 e. The van der Waals surface area contributed by atoms with Gasteiger partial charge in [-0.05, 0) is 24.3 Å². The molecule has 0 spiro atoms. The van der Waals surface area contributed by atoms with E-state index in [2.05, 4.69) is 15.5 Å². The van der Waals surface area contributed by atoms with Crippen molar-refractivity contribution in [1.29, 1.82) is 0 Å². The Hall–Kier alpha value is -3.10. The van der Waals surface area contributed by atoms with E-state index in [4.69, 9.17) is 14.2 Å². The number of carbonyl (C=O) groups is 2. The standard InChI is InChI=1S/C21H23N3O5/c1-27-18-13-14(29-12-9-24-7-10-28-11-8-24)5-6-16(18)22-17-4-2-3-15-19(17)21(26)23-20(15)25/h2-6,13,22H,7-12H2,1H3,(H,23,25,26). The number of morpholine rings is 1. The number of carbonyl (C=O) groups excluding carboxylic acids is 2. The predicted octanol–water partition coefficient (Wildman–Crippen LogP) is 2.03. The Morgan fingerprint density at radius 2 is 1.93 bits per heavy atom. The lowest BCUT2D eigenvalue weighted by Gasteiger charge is -2.26. The predicted molar refractivity (Wildman–Crippen MR) is 107 cm³/mol. The van der Waals surface area contributed by atoms with Crippen molar-refractivity contribution in [2.45, 2.75) is 0 Å². The minimum Gasteiger partial charge on any atom is -0.494 e. The molecule has 2 aromatic rings. The molecule has 8 heteroatoms. The van der Waals surface area contributed by atoms with Crippen LogP contribution in [0.5, 0.6) is 11.5 Å². The minimum absolute atomic E-state index is 0.338. The lowest BCUT2D eigenvalue weighted by atomic mass is 10.1. The van der Waals surface area contributed by atoms with Crippen molar-refractivity contribution in [3.63, 3.8) is 0 Å². The summed E-state index contributed by atoms with van der Waals surface area (Å²) in [6, 6.07) is 10.6. The molecular formula is C21H23N3O5. The van der Waals surface area contributed by atoms with E-state index in [0.717, 1.165) is 32.8 Å². The van der Waals surface area contributed by atoms with Gasteiger partial charge in [-0.1, -0.05) is 6.07 Å². The molecule has 0 aromatic heterocycles. The van der Waals surface area contributed by atoms with Gasteiger partial charge in [0, 0.05) is 25.7 Å². The molecule has 2 aliphatic heterocycles. The Kier molecular flexibility index (Phi) is 5.64. The summed E-state index contributed by atoms with van der Waals surface area (Å²) in [4.78, 5) is 26.3. The number of ether oxygens (including phenoxy) is 3. The lowest BCUT2D eigenvalue weighted by molar-refractivity contribution is 0.0322. The summed E-state index contributed by atoms with van der Waals surface area (Å²) >= 11 is 0. The van der Waals surface area contributed by atoms with E-state index in [0.29, 0.717) is 40.6 Å². The number of amides is 2. The van der Waals surface area contributed by atoms with Crippen LogP contribution < -0.4 is 20.1 Å². The Morgan fingerprint density at radius 3 is 2.72 bits per heavy atom. The van der Waals surface area contributed by atoms with Crippen LogP contribution in [0.1, 0.15) is 20.7 Å². The highest BCUT2D eigenvalue weighted by atomic mass is 16.5. The van der Waals surface area contributed by atoms with Gasteiger partial charge >= 0.3 is 0 Å². The molecule has 1 fully saturated rings. The molecule has 8 nitrogen and oxygen atoms in total. The number of fused-ring (bicyclic) bond motifs is 1. The fraction of sp³-hybridized carbons (Fsp3) is 0.333. The van der Waals surface area contributed by atoms with E-state index in [1.165, 1.54) is 0 Å². The van der Waals surface area contributed by atoms with E-state index in [9.17, 15) is 9.59 Å². The highest BCUT2D eigenvalue weighted by molar-refractivity contribution is 6.24. The molecule has 2 heterocycles. The van der Waals surface area contributed by atoms with Crippen LogP contribution in [0.25, 0.3) is 0 Å². The molecule has 29 heavy (non-hydrogen) atoms. The SMILES string of the molecule is COc1cc(OCCN2CCOCC2)ccc1Nc1cccc2c1C(=O)NC2=O. The first kappa shape index (κ1) is 19.2. The molecule has 0 atom stereocenters. The largest absolute Gasteiger partial charge is 0.494 e. The van der Waals surface area contributed by atoms with Gasteiger partial charge in [-0.3, -0.25) is 19.8 Å². The van der Waals surface area contributed by atoms with Gasteiger partial charge in [0.05, 0.1) is 42.8 Å². The highest BCUT2D eigenvalue weighted by Gasteiger charge is 2.29. The van der Waals surface area contributed by atoms with Gasteiger partial charge in [0.15, 0.2) is 0 Å². The molecule has 152 valence electrons. The quantitative estimate of drug-likeness (QED) is 0.691. The van der Waals surface area contributed by atoms with Gasteiger partial charge in [0.1, 0.15) is 18.1 Å². The van der Waals surface area contributed by atoms with Gasteiger partial charge in [0.25, 0.3) is 11.8 Å². The molecule has 0 saturated carbocycles. The number of benzene rings is 2. The van der Waals surface area contributed by atoms with Gasteiger partial charge in [0.2, 0.25) is 0 Å². The first-order valence-electron chi connectivity index (χ1n) is 9.52. The van der Waals surface area contributed by atoms with Crippen LogP contribution in [0.4, 0.5) is 11.4 Å². The molecule has 4 rings (SSSR count). The van der Waals surface area contributed by atoms with E-state index in [1.54, 1.807) is 31.4 Å². The summed E-state index contributed by atoms with van der Waals surface area (Å²) in [7, 11) is 1.57. The molecule has 1 saturated heterocycles. The van der Waals surface area contributed by atoms with Crippen molar-refractivity contribution in [3.8, 4) is 11.5 Å². The average Bonchev–Trinajstić information content (AvgIpc) is 3.04. The number of nitrogens with one attached hydrogen (secondary N) is 2. The van der Waals surface area contributed by atoms with Gasteiger partial charge in [-0.15, -0.1) is 0 Å². The van der Waals surface area contributed by atoms with Crippen LogP contribution in [-0.2, 0) is 4.74 Å². The highest BCUT2D eigenvalue weighted by Crippen LogP contribution is 2.34. The minimum atomic E-state index is -0.407. The zero-order chi connectivity index (χ0) is 20.2. The molecule has 0 aliphatic carbocycles. The lowest BCUT2D eigenvalue weighted by Crippen LogP contribution is -2.38. The number of imide groups is 1. The summed E-state index contributed by atoms with van der Waals surface area (Å²) in [5.41, 5.74) is 1.92. The van der Waals surface area contributed by atoms with Crippen molar-refractivity contribution in [3.05, 3.63) is 47.5 Å². The fourth-order valence-corrected chi connectivity index (χ4v) is 3.45. The first-order valence-corrected chi connectivity index (χ1v) is 9.52. The van der Waals surface area contributed by atoms with Crippen LogP contribution in [0, 0.1) is 0 Å². The number of methoxy groups -OCH3 is 1. The van der Waals surface area contributed by atoms with Crippen LogP contribution in [-0.4, -0.2) is 63.3 Å². The maximum Gasteiger partial charge on any atom is 0.261 e. The Bertz CT molecular complexity index is 925. The van der Waals surface area contributed by atoms with E-state index < -0.39 is 5.91 Å². The van der Waals surface area contributed by atoms with E-state index in [-0.39, 0.29) is 5.91 Å². The summed E-state index contributed by atoms with van der Waals surface area (Å²) in [5, 5.41) is 5.51. The molecule has 0 unspecified atom stereocenters. The first-order chi connectivity index (χ1) is 14.2. The van der Waals surface area contributed by atoms with Gasteiger partial charge in [-0.25, -0.2) is 0 Å². The number of rotatable bonds is 7. The van der Waals surface area contributed by atoms with Crippen molar-refractivity contribution < 1.29 is 23.8 Å². The third-order valence-corrected chi connectivity index (χ3v) is 4.99.